The number of carbonyl (C=O) groups excluding carboxylic acids is 1. The van der Waals surface area contributed by atoms with E-state index in [4.69, 9.17) is 0 Å². The van der Waals surface area contributed by atoms with Gasteiger partial charge in [0.2, 0.25) is 5.91 Å². The van der Waals surface area contributed by atoms with Gasteiger partial charge in [-0.2, -0.15) is 0 Å². The number of nitrogens with one attached hydrogen (secondary N) is 1. The molecule has 1 saturated heterocycles. The maximum atomic E-state index is 12.1. The number of piperidine rings is 1. The van der Waals surface area contributed by atoms with Crippen LogP contribution in [0.4, 0.5) is 5.69 Å². The first-order valence-electron chi connectivity index (χ1n) is 6.86. The Labute approximate surface area is 128 Å². The Morgan fingerprint density at radius 3 is 2.95 bits per heavy atom. The fourth-order valence-electron chi connectivity index (χ4n) is 2.53. The number of hydrogen-bond donors (Lipinski definition) is 1. The standard InChI is InChI=1S/C15H21IN2O/c1-11-9-13(16)6-7-14(11)17-15(19)10-18-8-4-3-5-12(18)2/h6-7,9,12H,3-5,8,10H2,1-2H3,(H,17,19). The topological polar surface area (TPSA) is 32.3 Å². The second-order valence-electron chi connectivity index (χ2n) is 5.32. The van der Waals surface area contributed by atoms with Crippen molar-refractivity contribution in [1.82, 2.24) is 4.90 Å². The molecular weight excluding hydrogens is 351 g/mol. The van der Waals surface area contributed by atoms with E-state index in [1.54, 1.807) is 0 Å². The van der Waals surface area contributed by atoms with Gasteiger partial charge >= 0.3 is 0 Å². The number of nitrogens with zero attached hydrogens (tertiary/aromatic N) is 1. The lowest BCUT2D eigenvalue weighted by atomic mass is 10.0. The molecule has 104 valence electrons. The molecule has 1 N–H and O–H groups in total. The summed E-state index contributed by atoms with van der Waals surface area (Å²) in [4.78, 5) is 14.4. The van der Waals surface area contributed by atoms with E-state index in [0.29, 0.717) is 12.6 Å². The molecule has 0 radical (unpaired) electrons. The van der Waals surface area contributed by atoms with Crippen LogP contribution in [-0.4, -0.2) is 29.9 Å². The van der Waals surface area contributed by atoms with Crippen LogP contribution in [0.5, 0.6) is 0 Å². The fourth-order valence-corrected chi connectivity index (χ4v) is 3.18. The molecule has 2 rings (SSSR count). The van der Waals surface area contributed by atoms with Gasteiger partial charge in [-0.25, -0.2) is 0 Å². The van der Waals surface area contributed by atoms with Gasteiger partial charge in [-0.15, -0.1) is 0 Å². The summed E-state index contributed by atoms with van der Waals surface area (Å²) in [7, 11) is 0. The highest BCUT2D eigenvalue weighted by atomic mass is 127. The van der Waals surface area contributed by atoms with Gasteiger partial charge in [-0.3, -0.25) is 9.69 Å². The molecule has 0 spiro atoms. The van der Waals surface area contributed by atoms with Gasteiger partial charge in [0.15, 0.2) is 0 Å². The van der Waals surface area contributed by atoms with Crippen LogP contribution in [0.1, 0.15) is 31.7 Å². The summed E-state index contributed by atoms with van der Waals surface area (Å²) in [6.45, 7) is 5.79. The first-order valence-corrected chi connectivity index (χ1v) is 7.94. The number of hydrogen-bond acceptors (Lipinski definition) is 2. The van der Waals surface area contributed by atoms with E-state index in [1.165, 1.54) is 22.8 Å². The summed E-state index contributed by atoms with van der Waals surface area (Å²) in [5.41, 5.74) is 2.04. The van der Waals surface area contributed by atoms with Gasteiger partial charge in [0.25, 0.3) is 0 Å². The van der Waals surface area contributed by atoms with Crippen LogP contribution in [0.3, 0.4) is 0 Å². The number of likely N-dealkylation sites (tertiary alicyclic amines) is 1. The Morgan fingerprint density at radius 2 is 2.26 bits per heavy atom. The number of anilines is 1. The van der Waals surface area contributed by atoms with Crippen LogP contribution in [0.25, 0.3) is 0 Å². The zero-order valence-electron chi connectivity index (χ0n) is 11.6. The Kier molecular flexibility index (Phi) is 5.21. The van der Waals surface area contributed by atoms with Crippen molar-refractivity contribution in [3.05, 3.63) is 27.3 Å². The normalized spacial score (nSPS) is 20.3. The van der Waals surface area contributed by atoms with Crippen molar-refractivity contribution in [2.45, 2.75) is 39.2 Å². The van der Waals surface area contributed by atoms with E-state index in [0.717, 1.165) is 17.8 Å². The maximum Gasteiger partial charge on any atom is 0.238 e. The molecule has 1 fully saturated rings. The summed E-state index contributed by atoms with van der Waals surface area (Å²) in [5.74, 6) is 0.0954. The lowest BCUT2D eigenvalue weighted by molar-refractivity contribution is -0.118. The van der Waals surface area contributed by atoms with E-state index in [1.807, 2.05) is 19.1 Å². The second-order valence-corrected chi connectivity index (χ2v) is 6.57. The van der Waals surface area contributed by atoms with Crippen molar-refractivity contribution < 1.29 is 4.79 Å². The number of benzene rings is 1. The van der Waals surface area contributed by atoms with Gasteiger partial charge in [-0.1, -0.05) is 6.42 Å². The SMILES string of the molecule is Cc1cc(I)ccc1NC(=O)CN1CCCCC1C. The summed E-state index contributed by atoms with van der Waals surface area (Å²) >= 11 is 2.28. The molecule has 0 aliphatic carbocycles. The molecule has 1 atom stereocenters. The molecular formula is C15H21IN2O. The van der Waals surface area contributed by atoms with Crippen LogP contribution in [0, 0.1) is 10.5 Å². The van der Waals surface area contributed by atoms with Crippen molar-refractivity contribution in [3.63, 3.8) is 0 Å². The monoisotopic (exact) mass is 372 g/mol. The Bertz CT molecular complexity index is 461. The molecule has 0 bridgehead atoms. The lowest BCUT2D eigenvalue weighted by Crippen LogP contribution is -2.42. The minimum absolute atomic E-state index is 0.0954. The third kappa shape index (κ3) is 4.18. The smallest absolute Gasteiger partial charge is 0.238 e. The van der Waals surface area contributed by atoms with Crippen molar-refractivity contribution >= 4 is 34.2 Å². The van der Waals surface area contributed by atoms with E-state index in [9.17, 15) is 4.79 Å². The van der Waals surface area contributed by atoms with E-state index in [2.05, 4.69) is 45.8 Å². The Morgan fingerprint density at radius 1 is 1.47 bits per heavy atom. The van der Waals surface area contributed by atoms with E-state index in [-0.39, 0.29) is 5.91 Å². The molecule has 0 saturated carbocycles. The van der Waals surface area contributed by atoms with E-state index >= 15 is 0 Å². The molecule has 1 aliphatic rings. The molecule has 0 aromatic heterocycles. The zero-order valence-corrected chi connectivity index (χ0v) is 13.7. The van der Waals surface area contributed by atoms with E-state index < -0.39 is 0 Å². The number of halogens is 1. The molecule has 3 nitrogen and oxygen atoms in total. The van der Waals surface area contributed by atoms with Gasteiger partial charge in [0, 0.05) is 15.3 Å². The molecule has 1 amide bonds. The van der Waals surface area contributed by atoms with Gasteiger partial charge in [0.1, 0.15) is 0 Å². The van der Waals surface area contributed by atoms with Crippen LogP contribution < -0.4 is 5.32 Å². The minimum atomic E-state index is 0.0954. The zero-order chi connectivity index (χ0) is 13.8. The molecule has 4 heteroatoms. The highest BCUT2D eigenvalue weighted by Gasteiger charge is 2.20. The number of rotatable bonds is 3. The van der Waals surface area contributed by atoms with Gasteiger partial charge in [-0.05, 0) is 79.6 Å². The van der Waals surface area contributed by atoms with Crippen LogP contribution in [0.15, 0.2) is 18.2 Å². The molecule has 1 aliphatic heterocycles. The predicted octanol–water partition coefficient (Wildman–Crippen LogP) is 3.41. The summed E-state index contributed by atoms with van der Waals surface area (Å²) in [5, 5.41) is 3.02. The average molecular weight is 372 g/mol. The van der Waals surface area contributed by atoms with Crippen LogP contribution in [-0.2, 0) is 4.79 Å². The number of amides is 1. The van der Waals surface area contributed by atoms with Crippen molar-refractivity contribution in [3.8, 4) is 0 Å². The molecule has 1 aromatic rings. The fraction of sp³-hybridized carbons (Fsp3) is 0.533. The average Bonchev–Trinajstić information content (AvgIpc) is 2.36. The quantitative estimate of drug-likeness (QED) is 0.825. The minimum Gasteiger partial charge on any atom is -0.325 e. The van der Waals surface area contributed by atoms with Crippen LogP contribution >= 0.6 is 22.6 Å². The Balaban J connectivity index is 1.93. The van der Waals surface area contributed by atoms with Gasteiger partial charge in [0.05, 0.1) is 6.54 Å². The first kappa shape index (κ1) is 14.8. The predicted molar refractivity (Wildman–Crippen MR) is 87.4 cm³/mol. The lowest BCUT2D eigenvalue weighted by Gasteiger charge is -2.32. The third-order valence-electron chi connectivity index (χ3n) is 3.75. The number of aryl methyl sites for hydroxylation is 1. The largest absolute Gasteiger partial charge is 0.325 e. The van der Waals surface area contributed by atoms with Crippen LogP contribution in [0.2, 0.25) is 0 Å². The maximum absolute atomic E-state index is 12.1. The molecule has 1 aromatic carbocycles. The van der Waals surface area contributed by atoms with Crippen molar-refractivity contribution in [1.29, 1.82) is 0 Å². The Hall–Kier alpha value is -0.620. The number of carbonyl (C=O) groups is 1. The summed E-state index contributed by atoms with van der Waals surface area (Å²) < 4.78 is 1.19. The molecule has 1 unspecified atom stereocenters. The molecule has 1 heterocycles. The van der Waals surface area contributed by atoms with Gasteiger partial charge < -0.3 is 5.32 Å². The third-order valence-corrected chi connectivity index (χ3v) is 4.42. The second kappa shape index (κ2) is 6.70. The summed E-state index contributed by atoms with van der Waals surface area (Å²) in [6, 6.07) is 6.61. The summed E-state index contributed by atoms with van der Waals surface area (Å²) in [6.07, 6.45) is 3.70. The first-order chi connectivity index (χ1) is 9.06. The highest BCUT2D eigenvalue weighted by Crippen LogP contribution is 2.19. The highest BCUT2D eigenvalue weighted by molar-refractivity contribution is 14.1. The van der Waals surface area contributed by atoms with Crippen molar-refractivity contribution in [2.24, 2.45) is 0 Å². The van der Waals surface area contributed by atoms with Crippen molar-refractivity contribution in [2.75, 3.05) is 18.4 Å². The molecule has 19 heavy (non-hydrogen) atoms.